The van der Waals surface area contributed by atoms with Gasteiger partial charge in [0, 0.05) is 10.9 Å². The number of aryl methyl sites for hydroxylation is 1. The summed E-state index contributed by atoms with van der Waals surface area (Å²) in [6, 6.07) is 15.2. The zero-order chi connectivity index (χ0) is 20.4. The Morgan fingerprint density at radius 2 is 2.03 bits per heavy atom. The van der Waals surface area contributed by atoms with Crippen molar-refractivity contribution in [2.24, 2.45) is 0 Å². The average Bonchev–Trinajstić information content (AvgIpc) is 3.37. The zero-order valence-electron chi connectivity index (χ0n) is 16.7. The molecule has 0 saturated heterocycles. The molecule has 0 aliphatic heterocycles. The summed E-state index contributed by atoms with van der Waals surface area (Å²) in [4.78, 5) is 20.7. The van der Waals surface area contributed by atoms with Crippen LogP contribution in [0.3, 0.4) is 0 Å². The van der Waals surface area contributed by atoms with Crippen LogP contribution in [-0.2, 0) is 0 Å². The van der Waals surface area contributed by atoms with Gasteiger partial charge in [0.2, 0.25) is 0 Å². The fourth-order valence-corrected chi connectivity index (χ4v) is 3.41. The molecular formula is C23H23N3O3. The molecule has 0 bridgehead atoms. The van der Waals surface area contributed by atoms with Crippen LogP contribution in [0.1, 0.15) is 41.3 Å². The van der Waals surface area contributed by atoms with Crippen molar-refractivity contribution in [1.29, 1.82) is 0 Å². The van der Waals surface area contributed by atoms with Gasteiger partial charge >= 0.3 is 0 Å². The monoisotopic (exact) mass is 389 g/mol. The fraction of sp³-hybridized carbons (Fsp3) is 0.217. The normalized spacial score (nSPS) is 12.1. The predicted octanol–water partition coefficient (Wildman–Crippen LogP) is 5.02. The topological polar surface area (TPSA) is 80.2 Å². The summed E-state index contributed by atoms with van der Waals surface area (Å²) in [6.45, 7) is 3.88. The van der Waals surface area contributed by atoms with E-state index in [1.807, 2.05) is 62.4 Å². The highest BCUT2D eigenvalue weighted by molar-refractivity contribution is 5.99. The van der Waals surface area contributed by atoms with E-state index in [1.54, 1.807) is 13.3 Å². The Bertz CT molecular complexity index is 1140. The molecule has 4 aromatic rings. The van der Waals surface area contributed by atoms with Crippen LogP contribution >= 0.6 is 0 Å². The van der Waals surface area contributed by atoms with Gasteiger partial charge in [-0.1, -0.05) is 37.3 Å². The van der Waals surface area contributed by atoms with Crippen molar-refractivity contribution < 1.29 is 13.9 Å². The van der Waals surface area contributed by atoms with Crippen LogP contribution in [0.25, 0.3) is 22.2 Å². The number of aromatic amines is 1. The minimum Gasteiger partial charge on any atom is -0.497 e. The van der Waals surface area contributed by atoms with Crippen molar-refractivity contribution in [1.82, 2.24) is 15.3 Å². The number of hydrogen-bond acceptors (Lipinski definition) is 4. The van der Waals surface area contributed by atoms with Crippen molar-refractivity contribution in [2.75, 3.05) is 7.11 Å². The van der Waals surface area contributed by atoms with Crippen LogP contribution in [0.4, 0.5) is 0 Å². The Kier molecular flexibility index (Phi) is 5.08. The number of rotatable bonds is 6. The Labute approximate surface area is 168 Å². The van der Waals surface area contributed by atoms with Crippen molar-refractivity contribution >= 4 is 16.9 Å². The molecule has 1 amide bonds. The smallest absolute Gasteiger partial charge is 0.287 e. The van der Waals surface area contributed by atoms with Crippen molar-refractivity contribution in [3.8, 4) is 17.0 Å². The van der Waals surface area contributed by atoms with Crippen LogP contribution in [0.2, 0.25) is 0 Å². The lowest BCUT2D eigenvalue weighted by molar-refractivity contribution is 0.0907. The molecule has 2 aromatic carbocycles. The molecule has 29 heavy (non-hydrogen) atoms. The van der Waals surface area contributed by atoms with Gasteiger partial charge < -0.3 is 19.5 Å². The molecule has 0 fully saturated rings. The first kappa shape index (κ1) is 18.8. The lowest BCUT2D eigenvalue weighted by Crippen LogP contribution is -2.29. The molecule has 6 nitrogen and oxygen atoms in total. The number of benzene rings is 2. The van der Waals surface area contributed by atoms with Crippen molar-refractivity contribution in [3.05, 3.63) is 71.9 Å². The lowest BCUT2D eigenvalue weighted by Gasteiger charge is -2.14. The van der Waals surface area contributed by atoms with E-state index < -0.39 is 0 Å². The van der Waals surface area contributed by atoms with Crippen LogP contribution in [0.15, 0.2) is 59.1 Å². The van der Waals surface area contributed by atoms with Gasteiger partial charge in [0.05, 0.1) is 25.0 Å². The summed E-state index contributed by atoms with van der Waals surface area (Å²) in [7, 11) is 1.61. The number of carbonyl (C=O) groups is 1. The molecule has 4 rings (SSSR count). The molecule has 148 valence electrons. The van der Waals surface area contributed by atoms with E-state index >= 15 is 0 Å². The number of methoxy groups -OCH3 is 1. The number of furan rings is 1. The lowest BCUT2D eigenvalue weighted by atomic mass is 10.1. The Hall–Kier alpha value is -3.54. The van der Waals surface area contributed by atoms with Gasteiger partial charge in [-0.2, -0.15) is 0 Å². The number of hydrogen-bond donors (Lipinski definition) is 2. The standard InChI is InChI=1S/C23H23N3O3/c1-4-18(22-24-13-19(25-22)15-8-6-5-7-9-15)26-23(27)21-14(2)17-12-16(28-3)10-11-20(17)29-21/h5-13,18H,4H2,1-3H3,(H,24,25)(H,26,27). The first-order chi connectivity index (χ1) is 14.1. The minimum absolute atomic E-state index is 0.248. The third-order valence-corrected chi connectivity index (χ3v) is 5.07. The van der Waals surface area contributed by atoms with E-state index in [0.29, 0.717) is 17.8 Å². The summed E-state index contributed by atoms with van der Waals surface area (Å²) in [5.74, 6) is 1.49. The summed E-state index contributed by atoms with van der Waals surface area (Å²) in [5.41, 5.74) is 3.41. The molecule has 2 aromatic heterocycles. The van der Waals surface area contributed by atoms with E-state index in [4.69, 9.17) is 9.15 Å². The second kappa shape index (κ2) is 7.83. The van der Waals surface area contributed by atoms with Crippen LogP contribution in [0, 0.1) is 6.92 Å². The maximum Gasteiger partial charge on any atom is 0.287 e. The molecule has 1 atom stereocenters. The van der Waals surface area contributed by atoms with Gasteiger partial charge in [0.15, 0.2) is 5.76 Å². The summed E-state index contributed by atoms with van der Waals surface area (Å²) < 4.78 is 11.1. The number of amides is 1. The second-order valence-corrected chi connectivity index (χ2v) is 6.90. The second-order valence-electron chi connectivity index (χ2n) is 6.90. The largest absolute Gasteiger partial charge is 0.497 e. The first-order valence-corrected chi connectivity index (χ1v) is 9.59. The predicted molar refractivity (Wildman–Crippen MR) is 112 cm³/mol. The van der Waals surface area contributed by atoms with Gasteiger partial charge in [0.1, 0.15) is 17.2 Å². The summed E-state index contributed by atoms with van der Waals surface area (Å²) in [6.07, 6.45) is 2.48. The number of fused-ring (bicyclic) bond motifs is 1. The molecule has 6 heteroatoms. The highest BCUT2D eigenvalue weighted by atomic mass is 16.5. The van der Waals surface area contributed by atoms with Crippen LogP contribution < -0.4 is 10.1 Å². The first-order valence-electron chi connectivity index (χ1n) is 9.59. The number of ether oxygens (including phenoxy) is 1. The SMILES string of the molecule is CCC(NC(=O)c1oc2ccc(OC)cc2c1C)c1ncc(-c2ccccc2)[nH]1. The van der Waals surface area contributed by atoms with E-state index in [2.05, 4.69) is 15.3 Å². The zero-order valence-corrected chi connectivity index (χ0v) is 16.7. The van der Waals surface area contributed by atoms with Gasteiger partial charge in [-0.25, -0.2) is 4.98 Å². The van der Waals surface area contributed by atoms with E-state index in [9.17, 15) is 4.79 Å². The van der Waals surface area contributed by atoms with Crippen molar-refractivity contribution in [3.63, 3.8) is 0 Å². The number of aromatic nitrogens is 2. The molecular weight excluding hydrogens is 366 g/mol. The molecule has 0 radical (unpaired) electrons. The van der Waals surface area contributed by atoms with E-state index in [-0.39, 0.29) is 11.9 Å². The van der Waals surface area contributed by atoms with Crippen molar-refractivity contribution in [2.45, 2.75) is 26.3 Å². The minimum atomic E-state index is -0.262. The third kappa shape index (κ3) is 3.61. The average molecular weight is 389 g/mol. The van der Waals surface area contributed by atoms with Gasteiger partial charge in [-0.3, -0.25) is 4.79 Å². The third-order valence-electron chi connectivity index (χ3n) is 5.07. The van der Waals surface area contributed by atoms with Gasteiger partial charge in [0.25, 0.3) is 5.91 Å². The number of nitrogens with one attached hydrogen (secondary N) is 2. The van der Waals surface area contributed by atoms with Gasteiger partial charge in [-0.15, -0.1) is 0 Å². The summed E-state index contributed by atoms with van der Waals surface area (Å²) >= 11 is 0. The highest BCUT2D eigenvalue weighted by Gasteiger charge is 2.22. The molecule has 1 unspecified atom stereocenters. The Morgan fingerprint density at radius 1 is 1.24 bits per heavy atom. The number of imidazole rings is 1. The van der Waals surface area contributed by atoms with Gasteiger partial charge in [-0.05, 0) is 37.1 Å². The molecule has 0 aliphatic rings. The Balaban J connectivity index is 1.58. The van der Waals surface area contributed by atoms with E-state index in [0.717, 1.165) is 33.8 Å². The maximum absolute atomic E-state index is 12.9. The summed E-state index contributed by atoms with van der Waals surface area (Å²) in [5, 5.41) is 3.90. The molecule has 0 saturated carbocycles. The number of carbonyl (C=O) groups excluding carboxylic acids is 1. The molecule has 0 spiro atoms. The molecule has 2 heterocycles. The molecule has 0 aliphatic carbocycles. The number of nitrogens with zero attached hydrogens (tertiary/aromatic N) is 1. The fourth-order valence-electron chi connectivity index (χ4n) is 3.41. The molecule has 2 N–H and O–H groups in total. The highest BCUT2D eigenvalue weighted by Crippen LogP contribution is 2.29. The van der Waals surface area contributed by atoms with Crippen LogP contribution in [-0.4, -0.2) is 23.0 Å². The van der Waals surface area contributed by atoms with E-state index in [1.165, 1.54) is 0 Å². The maximum atomic E-state index is 12.9. The number of H-pyrrole nitrogens is 1. The Morgan fingerprint density at radius 3 is 2.76 bits per heavy atom. The van der Waals surface area contributed by atoms with Crippen LogP contribution in [0.5, 0.6) is 5.75 Å². The quantitative estimate of drug-likeness (QED) is 0.485.